The Bertz CT molecular complexity index is 1300. The molecule has 0 atom stereocenters. The second kappa shape index (κ2) is 6.67. The summed E-state index contributed by atoms with van der Waals surface area (Å²) < 4.78 is 2.07. The average molecular weight is 363 g/mol. The van der Waals surface area contributed by atoms with Crippen molar-refractivity contribution in [3.05, 3.63) is 108 Å². The summed E-state index contributed by atoms with van der Waals surface area (Å²) in [5.41, 5.74) is 5.33. The van der Waals surface area contributed by atoms with Crippen molar-refractivity contribution < 1.29 is 0 Å². The van der Waals surface area contributed by atoms with Crippen LogP contribution in [0.1, 0.15) is 0 Å². The second-order valence-electron chi connectivity index (χ2n) is 6.56. The fourth-order valence-corrected chi connectivity index (χ4v) is 3.71. The molecule has 0 saturated carbocycles. The number of hydrogen-bond donors (Lipinski definition) is 1. The number of nitrogens with zero attached hydrogens (tertiary/aromatic N) is 2. The van der Waals surface area contributed by atoms with E-state index in [9.17, 15) is 4.79 Å². The monoisotopic (exact) mass is 363 g/mol. The third-order valence-electron chi connectivity index (χ3n) is 4.88. The van der Waals surface area contributed by atoms with E-state index in [2.05, 4.69) is 26.7 Å². The molecule has 0 fully saturated rings. The van der Waals surface area contributed by atoms with E-state index in [1.807, 2.05) is 78.9 Å². The summed E-state index contributed by atoms with van der Waals surface area (Å²) in [6.45, 7) is 0. The fourth-order valence-electron chi connectivity index (χ4n) is 3.71. The van der Waals surface area contributed by atoms with Crippen LogP contribution in [-0.4, -0.2) is 14.5 Å². The van der Waals surface area contributed by atoms with Crippen LogP contribution in [0.2, 0.25) is 0 Å². The van der Waals surface area contributed by atoms with Gasteiger partial charge in [0.25, 0.3) is 5.56 Å². The van der Waals surface area contributed by atoms with Crippen molar-refractivity contribution in [2.24, 2.45) is 0 Å². The van der Waals surface area contributed by atoms with Gasteiger partial charge in [-0.3, -0.25) is 9.36 Å². The summed E-state index contributed by atoms with van der Waals surface area (Å²) in [7, 11) is 0. The number of aromatic nitrogens is 3. The predicted molar refractivity (Wildman–Crippen MR) is 113 cm³/mol. The van der Waals surface area contributed by atoms with Crippen LogP contribution < -0.4 is 5.56 Å². The van der Waals surface area contributed by atoms with Crippen LogP contribution in [0.4, 0.5) is 0 Å². The summed E-state index contributed by atoms with van der Waals surface area (Å²) in [5, 5.41) is 0.594. The third kappa shape index (κ3) is 2.55. The zero-order chi connectivity index (χ0) is 18.9. The van der Waals surface area contributed by atoms with E-state index in [-0.39, 0.29) is 5.56 Å². The van der Waals surface area contributed by atoms with Crippen LogP contribution in [-0.2, 0) is 0 Å². The lowest BCUT2D eigenvalue weighted by Gasteiger charge is -2.12. The largest absolute Gasteiger partial charge is 0.312 e. The van der Waals surface area contributed by atoms with E-state index >= 15 is 0 Å². The minimum atomic E-state index is -0.143. The van der Waals surface area contributed by atoms with Crippen molar-refractivity contribution >= 4 is 11.0 Å². The van der Waals surface area contributed by atoms with E-state index in [4.69, 9.17) is 0 Å². The minimum Gasteiger partial charge on any atom is -0.312 e. The van der Waals surface area contributed by atoms with Gasteiger partial charge in [-0.15, -0.1) is 0 Å². The first kappa shape index (κ1) is 16.3. The normalized spacial score (nSPS) is 11.0. The minimum absolute atomic E-state index is 0.143. The van der Waals surface area contributed by atoms with Crippen LogP contribution in [0.25, 0.3) is 39.1 Å². The number of H-pyrrole nitrogens is 1. The summed E-state index contributed by atoms with van der Waals surface area (Å²) >= 11 is 0. The molecule has 5 aromatic rings. The first-order valence-electron chi connectivity index (χ1n) is 9.13. The Hall–Kier alpha value is -3.92. The van der Waals surface area contributed by atoms with E-state index in [1.54, 1.807) is 0 Å². The maximum atomic E-state index is 12.9. The van der Waals surface area contributed by atoms with Gasteiger partial charge in [0.1, 0.15) is 0 Å². The van der Waals surface area contributed by atoms with E-state index < -0.39 is 0 Å². The highest BCUT2D eigenvalue weighted by atomic mass is 16.1. The molecule has 5 rings (SSSR count). The molecule has 0 unspecified atom stereocenters. The van der Waals surface area contributed by atoms with Crippen LogP contribution in [0.5, 0.6) is 0 Å². The summed E-state index contributed by atoms with van der Waals surface area (Å²) in [6, 6.07) is 30.2. The van der Waals surface area contributed by atoms with Gasteiger partial charge in [0.05, 0.1) is 17.4 Å². The first-order valence-corrected chi connectivity index (χ1v) is 9.13. The van der Waals surface area contributed by atoms with Gasteiger partial charge in [0, 0.05) is 11.3 Å². The molecule has 134 valence electrons. The highest BCUT2D eigenvalue weighted by molar-refractivity contribution is 6.03. The molecular weight excluding hydrogens is 346 g/mol. The Balaban J connectivity index is 2.02. The molecule has 0 radical (unpaired) electrons. The molecule has 2 heterocycles. The van der Waals surface area contributed by atoms with Crippen LogP contribution in [0.3, 0.4) is 0 Å². The lowest BCUT2D eigenvalue weighted by atomic mass is 9.99. The Morgan fingerprint density at radius 3 is 1.93 bits per heavy atom. The Labute approximate surface area is 161 Å². The van der Waals surface area contributed by atoms with Crippen molar-refractivity contribution in [3.63, 3.8) is 0 Å². The summed E-state index contributed by atoms with van der Waals surface area (Å²) in [6.07, 6.45) is 1.47. The average Bonchev–Trinajstić information content (AvgIpc) is 3.12. The molecule has 0 aliphatic heterocycles. The molecule has 4 nitrogen and oxygen atoms in total. The molecule has 2 aromatic heterocycles. The van der Waals surface area contributed by atoms with E-state index in [0.29, 0.717) is 11.0 Å². The number of para-hydroxylation sites is 1. The van der Waals surface area contributed by atoms with Gasteiger partial charge < -0.3 is 4.98 Å². The number of aromatic amines is 1. The lowest BCUT2D eigenvalue weighted by Crippen LogP contribution is -2.07. The van der Waals surface area contributed by atoms with E-state index in [1.165, 1.54) is 6.33 Å². The van der Waals surface area contributed by atoms with Crippen molar-refractivity contribution in [3.8, 4) is 28.1 Å². The smallest absolute Gasteiger partial charge is 0.260 e. The highest BCUT2D eigenvalue weighted by Gasteiger charge is 2.23. The molecule has 3 aromatic carbocycles. The zero-order valence-corrected chi connectivity index (χ0v) is 15.0. The number of rotatable bonds is 3. The van der Waals surface area contributed by atoms with Crippen molar-refractivity contribution in [2.75, 3.05) is 0 Å². The molecule has 0 saturated heterocycles. The van der Waals surface area contributed by atoms with Gasteiger partial charge in [-0.05, 0) is 23.3 Å². The summed E-state index contributed by atoms with van der Waals surface area (Å²) in [4.78, 5) is 20.2. The maximum Gasteiger partial charge on any atom is 0.260 e. The predicted octanol–water partition coefficient (Wildman–Crippen LogP) is 5.05. The molecule has 0 aliphatic rings. The second-order valence-corrected chi connectivity index (χ2v) is 6.56. The lowest BCUT2D eigenvalue weighted by molar-refractivity contribution is 1.07. The number of benzene rings is 3. The van der Waals surface area contributed by atoms with Gasteiger partial charge in [-0.25, -0.2) is 4.98 Å². The molecule has 0 amide bonds. The maximum absolute atomic E-state index is 12.9. The quantitative estimate of drug-likeness (QED) is 0.488. The van der Waals surface area contributed by atoms with Gasteiger partial charge in [-0.2, -0.15) is 0 Å². The van der Waals surface area contributed by atoms with Crippen molar-refractivity contribution in [2.45, 2.75) is 0 Å². The fraction of sp³-hybridized carbons (Fsp3) is 0. The molecule has 0 spiro atoms. The Morgan fingerprint density at radius 1 is 0.714 bits per heavy atom. The van der Waals surface area contributed by atoms with Crippen LogP contribution in [0.15, 0.2) is 102 Å². The standard InChI is InChI=1S/C24H17N3O/c28-24-21-20(17-10-4-1-5-11-17)22(18-12-6-2-7-13-18)27(23(21)25-16-26-24)19-14-8-3-9-15-19/h1-16H,(H,25,26,28). The highest BCUT2D eigenvalue weighted by Crippen LogP contribution is 2.40. The van der Waals surface area contributed by atoms with Gasteiger partial charge in [0.2, 0.25) is 0 Å². The topological polar surface area (TPSA) is 50.7 Å². The summed E-state index contributed by atoms with van der Waals surface area (Å²) in [5.74, 6) is 0. The molecular formula is C24H17N3O. The van der Waals surface area contributed by atoms with Crippen molar-refractivity contribution in [1.29, 1.82) is 0 Å². The molecule has 28 heavy (non-hydrogen) atoms. The number of nitrogens with one attached hydrogen (secondary N) is 1. The first-order chi connectivity index (χ1) is 13.8. The molecule has 1 N–H and O–H groups in total. The number of hydrogen-bond acceptors (Lipinski definition) is 2. The van der Waals surface area contributed by atoms with Gasteiger partial charge in [0.15, 0.2) is 5.65 Å². The molecule has 0 aliphatic carbocycles. The van der Waals surface area contributed by atoms with Gasteiger partial charge >= 0.3 is 0 Å². The SMILES string of the molecule is O=c1[nH]cnc2c1c(-c1ccccc1)c(-c1ccccc1)n2-c1ccccc1. The Morgan fingerprint density at radius 2 is 1.29 bits per heavy atom. The molecule has 0 bridgehead atoms. The van der Waals surface area contributed by atoms with Crippen molar-refractivity contribution in [1.82, 2.24) is 14.5 Å². The van der Waals surface area contributed by atoms with E-state index in [0.717, 1.165) is 28.1 Å². The zero-order valence-electron chi connectivity index (χ0n) is 15.0. The van der Waals surface area contributed by atoms with Crippen LogP contribution >= 0.6 is 0 Å². The number of fused-ring (bicyclic) bond motifs is 1. The molecule has 4 heteroatoms. The van der Waals surface area contributed by atoms with Crippen LogP contribution in [0, 0.1) is 0 Å². The van der Waals surface area contributed by atoms with Gasteiger partial charge in [-0.1, -0.05) is 78.9 Å². The third-order valence-corrected chi connectivity index (χ3v) is 4.88. The Kier molecular flexibility index (Phi) is 3.87.